The minimum absolute atomic E-state index is 0.0338. The molecule has 0 saturated heterocycles. The zero-order chi connectivity index (χ0) is 21.8. The number of hydrogen-bond donors (Lipinski definition) is 0. The quantitative estimate of drug-likeness (QED) is 0.526. The maximum atomic E-state index is 13.2. The largest absolute Gasteiger partial charge is 0.412 e. The van der Waals surface area contributed by atoms with Crippen molar-refractivity contribution in [1.82, 2.24) is 20.2 Å². The summed E-state index contributed by atoms with van der Waals surface area (Å²) in [6, 6.07) is 9.10. The molecule has 1 fully saturated rings. The third kappa shape index (κ3) is 6.21. The van der Waals surface area contributed by atoms with Crippen LogP contribution in [0.2, 0.25) is 19.6 Å². The van der Waals surface area contributed by atoms with Crippen molar-refractivity contribution < 1.29 is 12.8 Å². The summed E-state index contributed by atoms with van der Waals surface area (Å²) in [4.78, 5) is 0. The number of benzene rings is 1. The zero-order valence-corrected chi connectivity index (χ0v) is 20.4. The van der Waals surface area contributed by atoms with Crippen molar-refractivity contribution in [2.45, 2.75) is 82.3 Å². The first kappa shape index (κ1) is 23.1. The molecular weight excluding hydrogens is 416 g/mol. The van der Waals surface area contributed by atoms with E-state index < -0.39 is 23.8 Å². The second kappa shape index (κ2) is 9.28. The van der Waals surface area contributed by atoms with E-state index in [2.05, 4.69) is 42.1 Å². The zero-order valence-electron chi connectivity index (χ0n) is 18.5. The lowest BCUT2D eigenvalue weighted by atomic mass is 9.81. The van der Waals surface area contributed by atoms with Gasteiger partial charge in [-0.1, -0.05) is 55.4 Å². The van der Waals surface area contributed by atoms with Crippen LogP contribution in [-0.2, 0) is 14.3 Å². The molecule has 7 nitrogen and oxygen atoms in total. The summed E-state index contributed by atoms with van der Waals surface area (Å²) in [6.07, 6.45) is 7.61. The standard InChI is InChI=1S/C21H34N4O3SSi/c1-21(28-30(2,3)4,17-18-11-7-5-8-12-18)15-16-29(26,27)20-22-23-24-25(20)19-13-9-6-10-14-19/h6,9-10,13-14,18H,5,7-8,11-12,15-17H2,1-4H3. The fourth-order valence-corrected chi connectivity index (χ4v) is 7.59. The van der Waals surface area contributed by atoms with Gasteiger partial charge in [0.15, 0.2) is 8.32 Å². The van der Waals surface area contributed by atoms with Gasteiger partial charge in [-0.3, -0.25) is 0 Å². The van der Waals surface area contributed by atoms with Crippen LogP contribution in [0.1, 0.15) is 51.9 Å². The van der Waals surface area contributed by atoms with Crippen molar-refractivity contribution in [2.24, 2.45) is 5.92 Å². The molecule has 3 rings (SSSR count). The summed E-state index contributed by atoms with van der Waals surface area (Å²) in [6.45, 7) is 8.58. The van der Waals surface area contributed by atoms with Gasteiger partial charge in [-0.25, -0.2) is 8.42 Å². The highest BCUT2D eigenvalue weighted by molar-refractivity contribution is 7.91. The molecule has 0 aliphatic heterocycles. The van der Waals surface area contributed by atoms with E-state index in [1.54, 1.807) is 12.1 Å². The Morgan fingerprint density at radius 1 is 1.13 bits per heavy atom. The molecule has 0 amide bonds. The van der Waals surface area contributed by atoms with Crippen LogP contribution in [0.5, 0.6) is 0 Å². The van der Waals surface area contributed by atoms with Crippen molar-refractivity contribution in [1.29, 1.82) is 0 Å². The lowest BCUT2D eigenvalue weighted by Gasteiger charge is -2.39. The van der Waals surface area contributed by atoms with E-state index in [4.69, 9.17) is 4.43 Å². The van der Waals surface area contributed by atoms with Crippen LogP contribution in [-0.4, -0.2) is 48.3 Å². The Balaban J connectivity index is 1.78. The van der Waals surface area contributed by atoms with Crippen molar-refractivity contribution in [3.05, 3.63) is 30.3 Å². The van der Waals surface area contributed by atoms with Gasteiger partial charge in [-0.15, -0.1) is 0 Å². The molecular formula is C21H34N4O3SSi. The molecule has 30 heavy (non-hydrogen) atoms. The maximum absolute atomic E-state index is 13.2. The Kier molecular flexibility index (Phi) is 7.14. The van der Waals surface area contributed by atoms with E-state index in [9.17, 15) is 8.42 Å². The number of rotatable bonds is 9. The fourth-order valence-electron chi connectivity index (χ4n) is 4.48. The Morgan fingerprint density at radius 2 is 1.80 bits per heavy atom. The smallest absolute Gasteiger partial charge is 0.272 e. The molecule has 166 valence electrons. The lowest BCUT2D eigenvalue weighted by molar-refractivity contribution is 0.0428. The summed E-state index contributed by atoms with van der Waals surface area (Å²) in [5.74, 6) is 0.575. The average molecular weight is 451 g/mol. The van der Waals surface area contributed by atoms with Crippen LogP contribution in [0, 0.1) is 5.92 Å². The Morgan fingerprint density at radius 3 is 2.43 bits per heavy atom. The van der Waals surface area contributed by atoms with Crippen molar-refractivity contribution in [3.63, 3.8) is 0 Å². The third-order valence-corrected chi connectivity index (χ3v) is 8.27. The summed E-state index contributed by atoms with van der Waals surface area (Å²) >= 11 is 0. The SMILES string of the molecule is CC(CCS(=O)(=O)c1nnnn1-c1ccccc1)(CC1CCCCC1)O[Si](C)(C)C. The highest BCUT2D eigenvalue weighted by Crippen LogP contribution is 2.36. The summed E-state index contributed by atoms with van der Waals surface area (Å²) in [5.41, 5.74) is 0.175. The fraction of sp³-hybridized carbons (Fsp3) is 0.667. The minimum atomic E-state index is -3.66. The molecule has 0 bridgehead atoms. The van der Waals surface area contributed by atoms with E-state index in [-0.39, 0.29) is 10.9 Å². The molecule has 1 heterocycles. The predicted octanol–water partition coefficient (Wildman–Crippen LogP) is 4.41. The molecule has 1 aliphatic rings. The molecule has 9 heteroatoms. The first-order valence-corrected chi connectivity index (χ1v) is 15.9. The molecule has 1 saturated carbocycles. The van der Waals surface area contributed by atoms with Gasteiger partial charge in [0, 0.05) is 0 Å². The second-order valence-corrected chi connectivity index (χ2v) is 16.1. The number of tetrazole rings is 1. The topological polar surface area (TPSA) is 87.0 Å². The van der Waals surface area contributed by atoms with Gasteiger partial charge in [0.05, 0.1) is 17.0 Å². The van der Waals surface area contributed by atoms with E-state index in [0.717, 1.165) is 6.42 Å². The third-order valence-electron chi connectivity index (χ3n) is 5.62. The van der Waals surface area contributed by atoms with E-state index in [0.29, 0.717) is 18.0 Å². The molecule has 0 N–H and O–H groups in total. The molecule has 0 spiro atoms. The normalized spacial score (nSPS) is 18.3. The minimum Gasteiger partial charge on any atom is -0.412 e. The van der Waals surface area contributed by atoms with Crippen molar-refractivity contribution in [2.75, 3.05) is 5.75 Å². The van der Waals surface area contributed by atoms with E-state index >= 15 is 0 Å². The number of para-hydroxylation sites is 1. The number of aromatic nitrogens is 4. The van der Waals surface area contributed by atoms with Gasteiger partial charge in [0.2, 0.25) is 9.84 Å². The molecule has 1 atom stereocenters. The van der Waals surface area contributed by atoms with Crippen LogP contribution in [0.4, 0.5) is 0 Å². The maximum Gasteiger partial charge on any atom is 0.272 e. The van der Waals surface area contributed by atoms with Crippen LogP contribution in [0.3, 0.4) is 0 Å². The van der Waals surface area contributed by atoms with Crippen molar-refractivity contribution >= 4 is 18.2 Å². The van der Waals surface area contributed by atoms with Crippen LogP contribution >= 0.6 is 0 Å². The van der Waals surface area contributed by atoms with Crippen LogP contribution in [0.25, 0.3) is 5.69 Å². The van der Waals surface area contributed by atoms with Crippen LogP contribution < -0.4 is 0 Å². The Labute approximate surface area is 181 Å². The Bertz CT molecular complexity index is 921. The van der Waals surface area contributed by atoms with Gasteiger partial charge in [-0.2, -0.15) is 4.68 Å². The van der Waals surface area contributed by atoms with Crippen LogP contribution in [0.15, 0.2) is 35.5 Å². The van der Waals surface area contributed by atoms with E-state index in [1.807, 2.05) is 18.2 Å². The number of nitrogens with zero attached hydrogens (tertiary/aromatic N) is 4. The summed E-state index contributed by atoms with van der Waals surface area (Å²) in [7, 11) is -5.51. The second-order valence-electron chi connectivity index (χ2n) is 9.65. The molecule has 1 unspecified atom stereocenters. The predicted molar refractivity (Wildman–Crippen MR) is 120 cm³/mol. The highest BCUT2D eigenvalue weighted by atomic mass is 32.2. The van der Waals surface area contributed by atoms with Gasteiger partial charge in [0.25, 0.3) is 5.16 Å². The first-order chi connectivity index (χ1) is 14.1. The summed E-state index contributed by atoms with van der Waals surface area (Å²) in [5, 5.41) is 11.3. The highest BCUT2D eigenvalue weighted by Gasteiger charge is 2.36. The average Bonchev–Trinajstić information content (AvgIpc) is 3.18. The molecule has 0 radical (unpaired) electrons. The van der Waals surface area contributed by atoms with Gasteiger partial charge < -0.3 is 4.43 Å². The Hall–Kier alpha value is -1.58. The van der Waals surface area contributed by atoms with Gasteiger partial charge >= 0.3 is 0 Å². The number of hydrogen-bond acceptors (Lipinski definition) is 6. The van der Waals surface area contributed by atoms with Gasteiger partial charge in [-0.05, 0) is 67.9 Å². The lowest BCUT2D eigenvalue weighted by Crippen LogP contribution is -2.43. The molecule has 2 aromatic rings. The van der Waals surface area contributed by atoms with E-state index in [1.165, 1.54) is 36.8 Å². The van der Waals surface area contributed by atoms with Crippen molar-refractivity contribution in [3.8, 4) is 5.69 Å². The number of sulfone groups is 1. The van der Waals surface area contributed by atoms with Gasteiger partial charge in [0.1, 0.15) is 0 Å². The molecule has 1 aromatic heterocycles. The first-order valence-electron chi connectivity index (χ1n) is 10.8. The molecule has 1 aromatic carbocycles. The monoisotopic (exact) mass is 450 g/mol. The summed E-state index contributed by atoms with van der Waals surface area (Å²) < 4.78 is 34.2. The molecule has 1 aliphatic carbocycles.